The molecule has 25 heavy (non-hydrogen) atoms. The number of piperidine rings is 1. The summed E-state index contributed by atoms with van der Waals surface area (Å²) in [5.41, 5.74) is 5.28. The van der Waals surface area contributed by atoms with Crippen molar-refractivity contribution in [2.24, 2.45) is 17.6 Å². The minimum absolute atomic E-state index is 0. The molecule has 0 aromatic carbocycles. The molecule has 0 saturated carbocycles. The molecule has 1 atom stereocenters. The van der Waals surface area contributed by atoms with Crippen LogP contribution in [0.1, 0.15) is 76.1 Å². The van der Waals surface area contributed by atoms with Gasteiger partial charge in [-0.25, -0.2) is 0 Å². The predicted octanol–water partition coefficient (Wildman–Crippen LogP) is 3.77. The number of hydrogen-bond acceptors (Lipinski definition) is 5. The molecule has 6 nitrogen and oxygen atoms in total. The Morgan fingerprint density at radius 1 is 1.12 bits per heavy atom. The number of rotatable bonds is 3. The highest BCUT2D eigenvalue weighted by Gasteiger charge is 2.34. The van der Waals surface area contributed by atoms with Gasteiger partial charge in [0.1, 0.15) is 0 Å². The minimum atomic E-state index is -0.129. The van der Waals surface area contributed by atoms with Crippen LogP contribution in [0.5, 0.6) is 0 Å². The molecular formula is C19H45N3O3. The number of nitrogens with zero attached hydrogens (tertiary/aromatic N) is 2. The summed E-state index contributed by atoms with van der Waals surface area (Å²) < 4.78 is 0. The normalized spacial score (nSPS) is 20.3. The van der Waals surface area contributed by atoms with Crippen LogP contribution in [0.4, 0.5) is 0 Å². The molecule has 0 radical (unpaired) electrons. The van der Waals surface area contributed by atoms with E-state index < -0.39 is 0 Å². The molecular weight excluding hydrogens is 318 g/mol. The number of nitrogens with two attached hydrogens (primary N) is 1. The van der Waals surface area contributed by atoms with E-state index in [2.05, 4.69) is 6.92 Å². The fraction of sp³-hybridized carbons (Fsp3) is 0.895. The zero-order valence-electron chi connectivity index (χ0n) is 16.5. The van der Waals surface area contributed by atoms with Crippen LogP contribution in [0.25, 0.3) is 0 Å². The molecule has 2 heterocycles. The number of likely N-dealkylation sites (tertiary alicyclic amines) is 1. The van der Waals surface area contributed by atoms with E-state index in [-0.39, 0.29) is 26.6 Å². The SMILES string of the molecule is C.CC.CC.CC1CC(=O)N(CCCN)C1=O.CC1CCN(O)CC1.[HH]. The highest BCUT2D eigenvalue weighted by molar-refractivity contribution is 6.03. The first-order chi connectivity index (χ1) is 11.5. The summed E-state index contributed by atoms with van der Waals surface area (Å²) in [4.78, 5) is 23.8. The maximum atomic E-state index is 11.3. The number of imide groups is 1. The summed E-state index contributed by atoms with van der Waals surface area (Å²) >= 11 is 0. The zero-order chi connectivity index (χ0) is 19.1. The number of hydrogen-bond donors (Lipinski definition) is 2. The second-order valence-corrected chi connectivity index (χ2v) is 5.77. The Morgan fingerprint density at radius 3 is 1.92 bits per heavy atom. The zero-order valence-corrected chi connectivity index (χ0v) is 16.5. The average Bonchev–Trinajstić information content (AvgIpc) is 2.85. The van der Waals surface area contributed by atoms with Crippen LogP contribution >= 0.6 is 0 Å². The number of amides is 2. The van der Waals surface area contributed by atoms with E-state index in [1.54, 1.807) is 6.92 Å². The van der Waals surface area contributed by atoms with Crippen molar-refractivity contribution in [3.63, 3.8) is 0 Å². The summed E-state index contributed by atoms with van der Waals surface area (Å²) in [6.07, 6.45) is 3.36. The molecule has 6 heteroatoms. The fourth-order valence-corrected chi connectivity index (χ4v) is 2.33. The first-order valence-electron chi connectivity index (χ1n) is 9.43. The molecule has 2 fully saturated rings. The lowest BCUT2D eigenvalue weighted by Gasteiger charge is -2.24. The third-order valence-corrected chi connectivity index (χ3v) is 3.82. The van der Waals surface area contributed by atoms with Crippen LogP contribution in [0.3, 0.4) is 0 Å². The van der Waals surface area contributed by atoms with Crippen LogP contribution < -0.4 is 5.73 Å². The van der Waals surface area contributed by atoms with Crippen molar-refractivity contribution in [2.75, 3.05) is 26.2 Å². The van der Waals surface area contributed by atoms with Gasteiger partial charge in [-0.2, -0.15) is 5.06 Å². The first-order valence-corrected chi connectivity index (χ1v) is 9.43. The maximum Gasteiger partial charge on any atom is 0.232 e. The van der Waals surface area contributed by atoms with Gasteiger partial charge in [-0.15, -0.1) is 0 Å². The van der Waals surface area contributed by atoms with Crippen molar-refractivity contribution in [1.82, 2.24) is 9.96 Å². The standard InChI is InChI=1S/C8H14N2O2.C6H13NO.2C2H6.CH4.H2/c1-6-5-7(11)10(8(6)12)4-2-3-9;1-6-2-4-7(8)5-3-6;2*1-2;;/h6H,2-5,9H2,1H3;6,8H,2-5H2,1H3;2*1-2H3;1H4;1H. The lowest BCUT2D eigenvalue weighted by Crippen LogP contribution is -2.32. The van der Waals surface area contributed by atoms with Gasteiger partial charge in [0, 0.05) is 33.4 Å². The van der Waals surface area contributed by atoms with Crippen molar-refractivity contribution in [3.05, 3.63) is 0 Å². The molecule has 2 aliphatic heterocycles. The van der Waals surface area contributed by atoms with Crippen molar-refractivity contribution in [2.45, 2.75) is 74.7 Å². The minimum Gasteiger partial charge on any atom is -0.330 e. The van der Waals surface area contributed by atoms with Gasteiger partial charge in [0.25, 0.3) is 0 Å². The molecule has 0 aromatic rings. The van der Waals surface area contributed by atoms with Gasteiger partial charge in [0.05, 0.1) is 0 Å². The molecule has 0 bridgehead atoms. The maximum absolute atomic E-state index is 11.3. The highest BCUT2D eigenvalue weighted by Crippen LogP contribution is 2.18. The van der Waals surface area contributed by atoms with E-state index in [9.17, 15) is 9.59 Å². The smallest absolute Gasteiger partial charge is 0.232 e. The molecule has 1 unspecified atom stereocenters. The Morgan fingerprint density at radius 2 is 1.60 bits per heavy atom. The molecule has 0 aromatic heterocycles. The second-order valence-electron chi connectivity index (χ2n) is 5.77. The molecule has 2 aliphatic rings. The van der Waals surface area contributed by atoms with Gasteiger partial charge < -0.3 is 10.9 Å². The van der Waals surface area contributed by atoms with Crippen LogP contribution in [-0.2, 0) is 9.59 Å². The lowest BCUT2D eigenvalue weighted by atomic mass is 10.0. The van der Waals surface area contributed by atoms with Crippen LogP contribution in [0.2, 0.25) is 0 Å². The van der Waals surface area contributed by atoms with E-state index in [0.717, 1.165) is 31.8 Å². The monoisotopic (exact) mass is 363 g/mol. The van der Waals surface area contributed by atoms with Crippen molar-refractivity contribution in [3.8, 4) is 0 Å². The Balaban J connectivity index is -0.000000152. The lowest BCUT2D eigenvalue weighted by molar-refractivity contribution is -0.139. The van der Waals surface area contributed by atoms with Crippen molar-refractivity contribution >= 4 is 11.8 Å². The molecule has 3 N–H and O–H groups in total. The largest absolute Gasteiger partial charge is 0.330 e. The fourth-order valence-electron chi connectivity index (χ4n) is 2.33. The van der Waals surface area contributed by atoms with E-state index in [4.69, 9.17) is 10.9 Å². The summed E-state index contributed by atoms with van der Waals surface area (Å²) in [5.74, 6) is 0.586. The summed E-state index contributed by atoms with van der Waals surface area (Å²) in [7, 11) is 0. The second kappa shape index (κ2) is 17.8. The highest BCUT2D eigenvalue weighted by atomic mass is 16.5. The van der Waals surface area contributed by atoms with E-state index in [0.29, 0.717) is 25.9 Å². The number of carbonyl (C=O) groups excluding carboxylic acids is 2. The van der Waals surface area contributed by atoms with Gasteiger partial charge in [-0.3, -0.25) is 14.5 Å². The van der Waals surface area contributed by atoms with Crippen LogP contribution in [-0.4, -0.2) is 53.2 Å². The Bertz CT molecular complexity index is 326. The summed E-state index contributed by atoms with van der Waals surface area (Å²) in [6.45, 7) is 14.7. The van der Waals surface area contributed by atoms with Gasteiger partial charge in [-0.05, 0) is 31.7 Å². The van der Waals surface area contributed by atoms with E-state index in [1.807, 2.05) is 27.7 Å². The third-order valence-electron chi connectivity index (χ3n) is 3.82. The van der Waals surface area contributed by atoms with Crippen LogP contribution in [0, 0.1) is 11.8 Å². The Kier molecular flexibility index (Phi) is 20.5. The summed E-state index contributed by atoms with van der Waals surface area (Å²) in [6, 6.07) is 0. The Labute approximate surface area is 157 Å². The van der Waals surface area contributed by atoms with Gasteiger partial charge in [-0.1, -0.05) is 49.0 Å². The third kappa shape index (κ3) is 12.1. The van der Waals surface area contributed by atoms with Gasteiger partial charge in [0.2, 0.25) is 11.8 Å². The predicted molar refractivity (Wildman–Crippen MR) is 107 cm³/mol. The summed E-state index contributed by atoms with van der Waals surface area (Å²) in [5, 5.41) is 10.3. The quantitative estimate of drug-likeness (QED) is 0.745. The Hall–Kier alpha value is -0.980. The molecule has 0 spiro atoms. The topological polar surface area (TPSA) is 86.9 Å². The average molecular weight is 364 g/mol. The van der Waals surface area contributed by atoms with Crippen molar-refractivity contribution < 1.29 is 16.2 Å². The van der Waals surface area contributed by atoms with E-state index in [1.165, 1.54) is 9.96 Å². The number of hydroxylamine groups is 2. The van der Waals surface area contributed by atoms with Gasteiger partial charge >= 0.3 is 0 Å². The van der Waals surface area contributed by atoms with Crippen LogP contribution in [0.15, 0.2) is 0 Å². The molecule has 0 aliphatic carbocycles. The molecule has 2 rings (SSSR count). The van der Waals surface area contributed by atoms with E-state index >= 15 is 0 Å². The first kappa shape index (κ1) is 28.8. The molecule has 154 valence electrons. The number of carbonyl (C=O) groups is 2. The molecule has 2 saturated heterocycles. The molecule has 2 amide bonds. The van der Waals surface area contributed by atoms with Gasteiger partial charge in [0.15, 0.2) is 0 Å². The van der Waals surface area contributed by atoms with Crippen molar-refractivity contribution in [1.29, 1.82) is 0 Å².